The van der Waals surface area contributed by atoms with Crippen LogP contribution in [0.2, 0.25) is 0 Å². The zero-order valence-corrected chi connectivity index (χ0v) is 10.8. The van der Waals surface area contributed by atoms with Crippen LogP contribution in [0.25, 0.3) is 0 Å². The molecular formula is C10H16BrN5. The minimum Gasteiger partial charge on any atom is -0.366 e. The lowest BCUT2D eigenvalue weighted by Gasteiger charge is -2.19. The Kier molecular flexibility index (Phi) is 3.60. The van der Waals surface area contributed by atoms with Gasteiger partial charge in [0.25, 0.3) is 0 Å². The summed E-state index contributed by atoms with van der Waals surface area (Å²) in [5, 5.41) is 3.44. The molecule has 1 heterocycles. The minimum atomic E-state index is 0.497. The van der Waals surface area contributed by atoms with Gasteiger partial charge in [-0.05, 0) is 34.7 Å². The second kappa shape index (κ2) is 4.97. The number of nitrogen functional groups attached to an aromatic ring is 1. The molecule has 1 saturated carbocycles. The molecule has 1 fully saturated rings. The van der Waals surface area contributed by atoms with Crippen molar-refractivity contribution in [1.29, 1.82) is 0 Å². The number of nitrogens with one attached hydrogen (secondary N) is 2. The van der Waals surface area contributed by atoms with Gasteiger partial charge in [-0.2, -0.15) is 0 Å². The Labute approximate surface area is 103 Å². The molecule has 1 aromatic rings. The maximum atomic E-state index is 5.36. The van der Waals surface area contributed by atoms with Crippen LogP contribution in [0.4, 0.5) is 11.6 Å². The smallest absolute Gasteiger partial charge is 0.159 e. The van der Waals surface area contributed by atoms with E-state index in [1.54, 1.807) is 0 Å². The van der Waals surface area contributed by atoms with Crippen molar-refractivity contribution in [3.63, 3.8) is 0 Å². The Morgan fingerprint density at radius 3 is 2.75 bits per heavy atom. The molecule has 0 bridgehead atoms. The molecule has 0 amide bonds. The van der Waals surface area contributed by atoms with E-state index in [9.17, 15) is 0 Å². The fourth-order valence-corrected chi connectivity index (χ4v) is 2.54. The minimum absolute atomic E-state index is 0.497. The Hall–Kier alpha value is -0.880. The van der Waals surface area contributed by atoms with Gasteiger partial charge in [-0.15, -0.1) is 0 Å². The molecule has 4 N–H and O–H groups in total. The van der Waals surface area contributed by atoms with Crippen LogP contribution in [0.5, 0.6) is 0 Å². The number of nitrogens with zero attached hydrogens (tertiary/aromatic N) is 2. The van der Waals surface area contributed by atoms with Crippen molar-refractivity contribution in [3.05, 3.63) is 10.8 Å². The van der Waals surface area contributed by atoms with E-state index in [1.807, 2.05) is 0 Å². The topological polar surface area (TPSA) is 75.9 Å². The molecule has 5 nitrogen and oxygen atoms in total. The standard InChI is InChI=1S/C10H16BrN5/c1-6-3-2-4-7(6)15-9-8(11)10(16-12)14-5-13-9/h5-7H,2-4,12H2,1H3,(H2,13,14,15,16). The maximum absolute atomic E-state index is 5.36. The van der Waals surface area contributed by atoms with Crippen LogP contribution >= 0.6 is 15.9 Å². The molecule has 0 saturated heterocycles. The van der Waals surface area contributed by atoms with E-state index < -0.39 is 0 Å². The number of hydrazine groups is 1. The van der Waals surface area contributed by atoms with Gasteiger partial charge in [0.2, 0.25) is 0 Å². The maximum Gasteiger partial charge on any atom is 0.159 e. The first-order valence-corrected chi connectivity index (χ1v) is 6.25. The normalized spacial score (nSPS) is 24.4. The van der Waals surface area contributed by atoms with E-state index in [2.05, 4.69) is 43.6 Å². The average molecular weight is 286 g/mol. The number of rotatable bonds is 3. The number of hydrogen-bond acceptors (Lipinski definition) is 5. The van der Waals surface area contributed by atoms with Crippen LogP contribution in [0.3, 0.4) is 0 Å². The predicted molar refractivity (Wildman–Crippen MR) is 68.0 cm³/mol. The summed E-state index contributed by atoms with van der Waals surface area (Å²) in [7, 11) is 0. The largest absolute Gasteiger partial charge is 0.366 e. The second-order valence-corrected chi connectivity index (χ2v) is 4.98. The van der Waals surface area contributed by atoms with E-state index in [0.717, 1.165) is 10.3 Å². The number of anilines is 2. The van der Waals surface area contributed by atoms with Crippen molar-refractivity contribution in [2.75, 3.05) is 10.7 Å². The Morgan fingerprint density at radius 1 is 1.38 bits per heavy atom. The lowest BCUT2D eigenvalue weighted by molar-refractivity contribution is 0.554. The molecule has 2 atom stereocenters. The highest BCUT2D eigenvalue weighted by molar-refractivity contribution is 9.10. The zero-order valence-electron chi connectivity index (χ0n) is 9.20. The van der Waals surface area contributed by atoms with Crippen LogP contribution < -0.4 is 16.6 Å². The number of nitrogens with two attached hydrogens (primary N) is 1. The van der Waals surface area contributed by atoms with E-state index >= 15 is 0 Å². The van der Waals surface area contributed by atoms with Gasteiger partial charge in [-0.1, -0.05) is 13.3 Å². The molecule has 6 heteroatoms. The van der Waals surface area contributed by atoms with Crippen LogP contribution in [-0.4, -0.2) is 16.0 Å². The summed E-state index contributed by atoms with van der Waals surface area (Å²) in [4.78, 5) is 8.24. The van der Waals surface area contributed by atoms with Gasteiger partial charge in [0, 0.05) is 6.04 Å². The second-order valence-electron chi connectivity index (χ2n) is 4.19. The highest BCUT2D eigenvalue weighted by Crippen LogP contribution is 2.31. The summed E-state index contributed by atoms with van der Waals surface area (Å²) >= 11 is 3.44. The fourth-order valence-electron chi connectivity index (χ4n) is 2.11. The van der Waals surface area contributed by atoms with Gasteiger partial charge >= 0.3 is 0 Å². The van der Waals surface area contributed by atoms with Gasteiger partial charge in [0.1, 0.15) is 16.6 Å². The van der Waals surface area contributed by atoms with Crippen molar-refractivity contribution >= 4 is 27.6 Å². The lowest BCUT2D eigenvalue weighted by atomic mass is 10.1. The quantitative estimate of drug-likeness (QED) is 0.586. The van der Waals surface area contributed by atoms with Crippen LogP contribution in [0.1, 0.15) is 26.2 Å². The van der Waals surface area contributed by atoms with Crippen LogP contribution in [0, 0.1) is 5.92 Å². The van der Waals surface area contributed by atoms with Crippen molar-refractivity contribution < 1.29 is 0 Å². The van der Waals surface area contributed by atoms with Crippen LogP contribution in [-0.2, 0) is 0 Å². The average Bonchev–Trinajstić information content (AvgIpc) is 2.68. The van der Waals surface area contributed by atoms with Crippen molar-refractivity contribution in [2.45, 2.75) is 32.2 Å². The SMILES string of the molecule is CC1CCCC1Nc1ncnc(NN)c1Br. The summed E-state index contributed by atoms with van der Waals surface area (Å²) in [6, 6.07) is 0.497. The van der Waals surface area contributed by atoms with Gasteiger partial charge in [-0.25, -0.2) is 15.8 Å². The predicted octanol–water partition coefficient (Wildman–Crippen LogP) is 2.13. The van der Waals surface area contributed by atoms with Crippen molar-refractivity contribution in [2.24, 2.45) is 11.8 Å². The summed E-state index contributed by atoms with van der Waals surface area (Å²) in [5.41, 5.74) is 2.53. The fraction of sp³-hybridized carbons (Fsp3) is 0.600. The van der Waals surface area contributed by atoms with Gasteiger partial charge in [0.15, 0.2) is 5.82 Å². The molecule has 0 aromatic carbocycles. The van der Waals surface area contributed by atoms with Crippen molar-refractivity contribution in [3.8, 4) is 0 Å². The first kappa shape index (κ1) is 11.6. The lowest BCUT2D eigenvalue weighted by Crippen LogP contribution is -2.23. The highest BCUT2D eigenvalue weighted by Gasteiger charge is 2.24. The first-order valence-electron chi connectivity index (χ1n) is 5.46. The molecule has 2 unspecified atom stereocenters. The van der Waals surface area contributed by atoms with Crippen molar-refractivity contribution in [1.82, 2.24) is 9.97 Å². The summed E-state index contributed by atoms with van der Waals surface area (Å²) < 4.78 is 0.789. The molecule has 88 valence electrons. The molecule has 0 radical (unpaired) electrons. The molecule has 1 aliphatic rings. The number of halogens is 1. The molecule has 2 rings (SSSR count). The third-order valence-electron chi connectivity index (χ3n) is 3.11. The summed E-state index contributed by atoms with van der Waals surface area (Å²) in [6.07, 6.45) is 5.26. The molecule has 1 aliphatic carbocycles. The van der Waals surface area contributed by atoms with E-state index in [1.165, 1.54) is 25.6 Å². The number of aromatic nitrogens is 2. The Bertz CT molecular complexity index is 370. The monoisotopic (exact) mass is 285 g/mol. The van der Waals surface area contributed by atoms with Crippen LogP contribution in [0.15, 0.2) is 10.8 Å². The van der Waals surface area contributed by atoms with E-state index in [0.29, 0.717) is 17.8 Å². The molecule has 1 aromatic heterocycles. The van der Waals surface area contributed by atoms with Gasteiger partial charge in [-0.3, -0.25) is 0 Å². The molecule has 0 spiro atoms. The van der Waals surface area contributed by atoms with Gasteiger partial charge < -0.3 is 10.7 Å². The van der Waals surface area contributed by atoms with E-state index in [4.69, 9.17) is 5.84 Å². The summed E-state index contributed by atoms with van der Waals surface area (Å²) in [5.74, 6) is 7.46. The van der Waals surface area contributed by atoms with E-state index in [-0.39, 0.29) is 0 Å². The Morgan fingerprint density at radius 2 is 2.12 bits per heavy atom. The Balaban J connectivity index is 2.14. The number of hydrogen-bond donors (Lipinski definition) is 3. The summed E-state index contributed by atoms with van der Waals surface area (Å²) in [6.45, 7) is 2.27. The molecule has 0 aliphatic heterocycles. The zero-order chi connectivity index (χ0) is 11.5. The molecular weight excluding hydrogens is 270 g/mol. The highest BCUT2D eigenvalue weighted by atomic mass is 79.9. The third-order valence-corrected chi connectivity index (χ3v) is 3.86. The molecule has 16 heavy (non-hydrogen) atoms. The van der Waals surface area contributed by atoms with Gasteiger partial charge in [0.05, 0.1) is 0 Å². The third kappa shape index (κ3) is 2.27. The first-order chi connectivity index (χ1) is 7.72.